The number of β-lactam (4-membered cyclic amide) rings is 1. The van der Waals surface area contributed by atoms with Crippen LogP contribution in [0.25, 0.3) is 0 Å². The van der Waals surface area contributed by atoms with Crippen LogP contribution in [0.3, 0.4) is 0 Å². The third kappa shape index (κ3) is 7.33. The van der Waals surface area contributed by atoms with E-state index in [2.05, 4.69) is 10.6 Å². The van der Waals surface area contributed by atoms with E-state index < -0.39 is 53.1 Å². The van der Waals surface area contributed by atoms with Crippen molar-refractivity contribution in [2.24, 2.45) is 0 Å². The maximum atomic E-state index is 13.1. The van der Waals surface area contributed by atoms with Crippen LogP contribution in [0.1, 0.15) is 28.4 Å². The third-order valence-corrected chi connectivity index (χ3v) is 8.72. The second kappa shape index (κ2) is 14.8. The molecule has 15 nitrogen and oxygen atoms in total. The number of thioether (sulfide) groups is 1. The minimum absolute atomic E-state index is 0. The monoisotopic (exact) mass is 668 g/mol. The molecule has 0 saturated carbocycles. The fourth-order valence-electron chi connectivity index (χ4n) is 5.11. The van der Waals surface area contributed by atoms with Gasteiger partial charge in [0.2, 0.25) is 5.91 Å². The molecule has 0 radical (unpaired) electrons. The van der Waals surface area contributed by atoms with Gasteiger partial charge < -0.3 is 25.3 Å². The molecule has 2 atom stereocenters. The fraction of sp³-hybridized carbons (Fsp3) is 0.267. The maximum absolute atomic E-state index is 13.1. The number of carbonyl (C=O) groups excluding carboxylic acids is 7. The fourth-order valence-corrected chi connectivity index (χ4v) is 6.43. The summed E-state index contributed by atoms with van der Waals surface area (Å²) in [6, 6.07) is 11.3. The minimum atomic E-state index is -1.60. The van der Waals surface area contributed by atoms with Crippen LogP contribution in [-0.2, 0) is 30.3 Å². The Bertz CT molecular complexity index is 1740. The SMILES string of the molecule is CC(=O)OCC1=C(C(=O)[O-])N2C(=O)C(NC(=O)Cc3ccccc3NC(=O)N3CCN(C(=O)c4ccc(C#N)cc4)C3=O)[C@H]2SC1.[Na+]. The smallest absolute Gasteiger partial charge is 0.543 e. The van der Waals surface area contributed by atoms with Crippen molar-refractivity contribution in [3.05, 3.63) is 76.5 Å². The number of imide groups is 2. The van der Waals surface area contributed by atoms with Gasteiger partial charge in [-0.25, -0.2) is 14.5 Å². The van der Waals surface area contributed by atoms with E-state index in [9.17, 15) is 38.7 Å². The zero-order valence-electron chi connectivity index (χ0n) is 25.2. The van der Waals surface area contributed by atoms with Gasteiger partial charge in [-0.1, -0.05) is 18.2 Å². The standard InChI is InChI=1S/C30H26N6O9S.Na/c1-16(37)45-14-20-15-46-27-23(26(40)36(27)24(20)28(41)42)33-22(38)12-19-4-2-3-5-21(19)32-29(43)35-11-10-34(30(35)44)25(39)18-8-6-17(13-31)7-9-18;/h2-9,23,27H,10-12,14-15H2,1H3,(H,32,43)(H,33,38)(H,41,42);/q;+1/p-1/t23?,27-;/m1./s1. The number of rotatable bonds is 8. The number of nitrogens with zero attached hydrogens (tertiary/aromatic N) is 4. The number of benzene rings is 2. The largest absolute Gasteiger partial charge is 1.00 e. The van der Waals surface area contributed by atoms with Gasteiger partial charge in [0, 0.05) is 36.0 Å². The molecule has 2 aromatic carbocycles. The molecule has 2 saturated heterocycles. The van der Waals surface area contributed by atoms with Gasteiger partial charge in [-0.3, -0.25) is 29.0 Å². The first-order chi connectivity index (χ1) is 22.0. The molecule has 2 N–H and O–H groups in total. The molecular formula is C30H25N6NaO9S. The van der Waals surface area contributed by atoms with E-state index in [4.69, 9.17) is 10.00 Å². The second-order valence-corrected chi connectivity index (χ2v) is 11.4. The number of amides is 7. The van der Waals surface area contributed by atoms with E-state index >= 15 is 0 Å². The van der Waals surface area contributed by atoms with E-state index in [0.29, 0.717) is 11.1 Å². The van der Waals surface area contributed by atoms with Gasteiger partial charge in [-0.15, -0.1) is 11.8 Å². The molecule has 17 heteroatoms. The summed E-state index contributed by atoms with van der Waals surface area (Å²) >= 11 is 1.20. The molecule has 0 bridgehead atoms. The number of nitrogens with one attached hydrogen (secondary N) is 2. The number of para-hydroxylation sites is 1. The van der Waals surface area contributed by atoms with Crippen LogP contribution >= 0.6 is 11.8 Å². The number of hydrogen-bond donors (Lipinski definition) is 2. The van der Waals surface area contributed by atoms with Gasteiger partial charge in [-0.2, -0.15) is 5.26 Å². The molecule has 0 aromatic heterocycles. The molecule has 1 unspecified atom stereocenters. The Kier molecular flexibility index (Phi) is 11.1. The summed E-state index contributed by atoms with van der Waals surface area (Å²) in [6.07, 6.45) is -0.268. The average Bonchev–Trinajstić information content (AvgIpc) is 3.43. The molecule has 7 amide bonds. The van der Waals surface area contributed by atoms with E-state index in [0.717, 1.165) is 14.7 Å². The van der Waals surface area contributed by atoms with Crippen LogP contribution in [0.15, 0.2) is 59.8 Å². The number of anilines is 1. The normalized spacial score (nSPS) is 18.3. The van der Waals surface area contributed by atoms with E-state index in [1.54, 1.807) is 18.2 Å². The second-order valence-electron chi connectivity index (χ2n) is 10.3. The zero-order valence-corrected chi connectivity index (χ0v) is 28.0. The summed E-state index contributed by atoms with van der Waals surface area (Å²) in [5.74, 6) is -3.95. The molecule has 3 aliphatic rings. The van der Waals surface area contributed by atoms with E-state index in [1.807, 2.05) is 6.07 Å². The first-order valence-electron chi connectivity index (χ1n) is 13.8. The molecule has 0 aliphatic carbocycles. The molecule has 0 spiro atoms. The predicted octanol–water partition coefficient (Wildman–Crippen LogP) is -2.82. The first-order valence-corrected chi connectivity index (χ1v) is 14.9. The number of ether oxygens (including phenoxy) is 1. The molecule has 236 valence electrons. The molecule has 47 heavy (non-hydrogen) atoms. The van der Waals surface area contributed by atoms with Crippen molar-refractivity contribution >= 4 is 59.2 Å². The summed E-state index contributed by atoms with van der Waals surface area (Å²) in [5.41, 5.74) is 0.933. The number of hydrogen-bond acceptors (Lipinski definition) is 11. The first kappa shape index (κ1) is 35.2. The van der Waals surface area contributed by atoms with Crippen molar-refractivity contribution in [2.45, 2.75) is 24.8 Å². The molecule has 5 rings (SSSR count). The minimum Gasteiger partial charge on any atom is -0.543 e. The number of esters is 1. The molecule has 2 aromatic rings. The quantitative estimate of drug-likeness (QED) is 0.167. The van der Waals surface area contributed by atoms with Crippen LogP contribution in [0.5, 0.6) is 0 Å². The van der Waals surface area contributed by atoms with Crippen LogP contribution < -0.4 is 45.3 Å². The Morgan fingerprint density at radius 2 is 1.72 bits per heavy atom. The maximum Gasteiger partial charge on any atom is 1.00 e. The number of carbonyl (C=O) groups is 7. The molecule has 3 aliphatic heterocycles. The number of carboxylic acid groups (broad SMARTS) is 1. The Labute approximate surface area is 294 Å². The van der Waals surface area contributed by atoms with E-state index in [-0.39, 0.29) is 83.9 Å². The van der Waals surface area contributed by atoms with Gasteiger partial charge in [0.25, 0.3) is 11.8 Å². The van der Waals surface area contributed by atoms with Crippen molar-refractivity contribution in [3.63, 3.8) is 0 Å². The Morgan fingerprint density at radius 3 is 2.38 bits per heavy atom. The van der Waals surface area contributed by atoms with Crippen molar-refractivity contribution in [2.75, 3.05) is 30.8 Å². The summed E-state index contributed by atoms with van der Waals surface area (Å²) in [7, 11) is 0. The summed E-state index contributed by atoms with van der Waals surface area (Å²) in [6.45, 7) is 0.751. The number of aliphatic carboxylic acids is 1. The van der Waals surface area contributed by atoms with Crippen LogP contribution in [0.2, 0.25) is 0 Å². The van der Waals surface area contributed by atoms with Crippen LogP contribution in [0.4, 0.5) is 15.3 Å². The number of fused-ring (bicyclic) bond motifs is 1. The van der Waals surface area contributed by atoms with Crippen molar-refractivity contribution in [1.82, 2.24) is 20.0 Å². The van der Waals surface area contributed by atoms with Gasteiger partial charge >= 0.3 is 47.6 Å². The Morgan fingerprint density at radius 1 is 1.04 bits per heavy atom. The van der Waals surface area contributed by atoms with Crippen molar-refractivity contribution < 1.29 is 73.0 Å². The number of carboxylic acids is 1. The summed E-state index contributed by atoms with van der Waals surface area (Å²) in [5, 5.41) is 25.3. The average molecular weight is 669 g/mol. The van der Waals surface area contributed by atoms with Gasteiger partial charge in [0.1, 0.15) is 18.0 Å². The van der Waals surface area contributed by atoms with Gasteiger partial charge in [0.05, 0.1) is 36.3 Å². The van der Waals surface area contributed by atoms with Crippen LogP contribution in [-0.4, -0.2) is 93.3 Å². The van der Waals surface area contributed by atoms with Gasteiger partial charge in [0.15, 0.2) is 0 Å². The van der Waals surface area contributed by atoms with Gasteiger partial charge in [-0.05, 0) is 35.9 Å². The number of urea groups is 2. The van der Waals surface area contributed by atoms with Crippen LogP contribution in [0, 0.1) is 11.3 Å². The third-order valence-electron chi connectivity index (χ3n) is 7.38. The van der Waals surface area contributed by atoms with Crippen molar-refractivity contribution in [3.8, 4) is 6.07 Å². The topological polar surface area (TPSA) is 209 Å². The zero-order chi connectivity index (χ0) is 33.1. The van der Waals surface area contributed by atoms with E-state index in [1.165, 1.54) is 49.0 Å². The summed E-state index contributed by atoms with van der Waals surface area (Å²) in [4.78, 5) is 90.5. The Hall–Kier alpha value is -4.69. The van der Waals surface area contributed by atoms with Crippen molar-refractivity contribution in [1.29, 1.82) is 5.26 Å². The molecule has 2 fully saturated rings. The Balaban J connectivity index is 0.00000500. The number of nitriles is 1. The predicted molar refractivity (Wildman–Crippen MR) is 157 cm³/mol. The molecule has 3 heterocycles. The summed E-state index contributed by atoms with van der Waals surface area (Å²) < 4.78 is 4.89. The molecular weight excluding hydrogens is 643 g/mol.